The second kappa shape index (κ2) is 5.05. The molecule has 1 unspecified atom stereocenters. The number of hydrogen-bond acceptors (Lipinski definition) is 4. The van der Waals surface area contributed by atoms with Crippen LogP contribution in [0, 0.1) is 16.0 Å². The van der Waals surface area contributed by atoms with Crippen molar-refractivity contribution in [3.05, 3.63) is 34.4 Å². The minimum Gasteiger partial charge on any atom is -0.337 e. The Bertz CT molecular complexity index is 544. The van der Waals surface area contributed by atoms with Crippen LogP contribution in [0.1, 0.15) is 13.3 Å². The Morgan fingerprint density at radius 2 is 2.16 bits per heavy atom. The van der Waals surface area contributed by atoms with Gasteiger partial charge < -0.3 is 5.32 Å². The summed E-state index contributed by atoms with van der Waals surface area (Å²) in [6, 6.07) is 4.93. The standard InChI is InChI=1S/C12H13N3O4/c1-8-5-6-13-12(17)14(11(8)16)9-3-2-4-10(7-9)15(18)19/h2-4,7-8H,5-6H2,1H3,(H,13,17). The van der Waals surface area contributed by atoms with Crippen molar-refractivity contribution in [2.45, 2.75) is 13.3 Å². The molecule has 1 aliphatic rings. The number of imide groups is 1. The number of carbonyl (C=O) groups excluding carboxylic acids is 2. The fourth-order valence-electron chi connectivity index (χ4n) is 1.91. The number of anilines is 1. The molecule has 0 bridgehead atoms. The van der Waals surface area contributed by atoms with Gasteiger partial charge in [0, 0.05) is 24.6 Å². The number of carbonyl (C=O) groups is 2. The smallest absolute Gasteiger partial charge is 0.328 e. The Kier molecular flexibility index (Phi) is 3.46. The molecule has 1 N–H and O–H groups in total. The van der Waals surface area contributed by atoms with Crippen molar-refractivity contribution in [1.82, 2.24) is 5.32 Å². The highest BCUT2D eigenvalue weighted by Crippen LogP contribution is 2.24. The lowest BCUT2D eigenvalue weighted by molar-refractivity contribution is -0.384. The molecular formula is C12H13N3O4. The van der Waals surface area contributed by atoms with Crippen LogP contribution in [0.2, 0.25) is 0 Å². The quantitative estimate of drug-likeness (QED) is 0.649. The Labute approximate surface area is 109 Å². The molecule has 19 heavy (non-hydrogen) atoms. The minimum atomic E-state index is -0.562. The van der Waals surface area contributed by atoms with Crippen LogP contribution in [0.15, 0.2) is 24.3 Å². The van der Waals surface area contributed by atoms with Crippen molar-refractivity contribution in [2.24, 2.45) is 5.92 Å². The second-order valence-corrected chi connectivity index (χ2v) is 4.37. The highest BCUT2D eigenvalue weighted by atomic mass is 16.6. The maximum absolute atomic E-state index is 12.1. The highest BCUT2D eigenvalue weighted by Gasteiger charge is 2.31. The highest BCUT2D eigenvalue weighted by molar-refractivity contribution is 6.15. The number of urea groups is 1. The SMILES string of the molecule is CC1CCNC(=O)N(c2cccc([N+](=O)[O-])c2)C1=O. The number of benzene rings is 1. The molecule has 100 valence electrons. The van der Waals surface area contributed by atoms with Crippen LogP contribution in [-0.4, -0.2) is 23.4 Å². The number of rotatable bonds is 2. The summed E-state index contributed by atoms with van der Waals surface area (Å²) in [5.74, 6) is -0.659. The van der Waals surface area contributed by atoms with E-state index in [2.05, 4.69) is 5.32 Å². The first-order valence-corrected chi connectivity index (χ1v) is 5.87. The molecule has 1 atom stereocenters. The van der Waals surface area contributed by atoms with Crippen molar-refractivity contribution >= 4 is 23.3 Å². The number of nitrogens with zero attached hydrogens (tertiary/aromatic N) is 2. The molecular weight excluding hydrogens is 250 g/mol. The maximum atomic E-state index is 12.1. The van der Waals surface area contributed by atoms with Crippen LogP contribution >= 0.6 is 0 Å². The van der Waals surface area contributed by atoms with Crippen LogP contribution in [0.3, 0.4) is 0 Å². The summed E-state index contributed by atoms with van der Waals surface area (Å²) >= 11 is 0. The molecule has 7 heteroatoms. The molecule has 0 spiro atoms. The van der Waals surface area contributed by atoms with Gasteiger partial charge in [0.1, 0.15) is 0 Å². The topological polar surface area (TPSA) is 92.6 Å². The third-order valence-electron chi connectivity index (χ3n) is 3.00. The van der Waals surface area contributed by atoms with E-state index in [1.165, 1.54) is 24.3 Å². The van der Waals surface area contributed by atoms with Crippen LogP contribution in [0.25, 0.3) is 0 Å². The van der Waals surface area contributed by atoms with Crippen LogP contribution in [-0.2, 0) is 4.79 Å². The zero-order chi connectivity index (χ0) is 14.0. The van der Waals surface area contributed by atoms with Gasteiger partial charge in [-0.1, -0.05) is 13.0 Å². The number of nitro benzene ring substituents is 1. The Hall–Kier alpha value is -2.44. The van der Waals surface area contributed by atoms with E-state index in [1.807, 2.05) is 0 Å². The van der Waals surface area contributed by atoms with Gasteiger partial charge in [0.2, 0.25) is 5.91 Å². The molecule has 1 fully saturated rings. The van der Waals surface area contributed by atoms with Gasteiger partial charge in [-0.3, -0.25) is 14.9 Å². The molecule has 0 aromatic heterocycles. The van der Waals surface area contributed by atoms with Gasteiger partial charge in [-0.25, -0.2) is 9.69 Å². The maximum Gasteiger partial charge on any atom is 0.328 e. The van der Waals surface area contributed by atoms with Gasteiger partial charge in [0.05, 0.1) is 10.6 Å². The van der Waals surface area contributed by atoms with E-state index in [0.717, 1.165) is 4.90 Å². The van der Waals surface area contributed by atoms with Crippen molar-refractivity contribution in [1.29, 1.82) is 0 Å². The van der Waals surface area contributed by atoms with Crippen molar-refractivity contribution in [2.75, 3.05) is 11.4 Å². The second-order valence-electron chi connectivity index (χ2n) is 4.37. The molecule has 1 saturated heterocycles. The van der Waals surface area contributed by atoms with Crippen LogP contribution in [0.4, 0.5) is 16.2 Å². The summed E-state index contributed by atoms with van der Waals surface area (Å²) in [6.45, 7) is 2.14. The first-order valence-electron chi connectivity index (χ1n) is 5.87. The molecule has 7 nitrogen and oxygen atoms in total. The first-order chi connectivity index (χ1) is 9.00. The number of non-ortho nitro benzene ring substituents is 1. The zero-order valence-electron chi connectivity index (χ0n) is 10.3. The van der Waals surface area contributed by atoms with Crippen LogP contribution in [0.5, 0.6) is 0 Å². The number of hydrogen-bond donors (Lipinski definition) is 1. The monoisotopic (exact) mass is 263 g/mol. The molecule has 0 saturated carbocycles. The minimum absolute atomic E-state index is 0.157. The molecule has 1 heterocycles. The predicted molar refractivity (Wildman–Crippen MR) is 67.8 cm³/mol. The Morgan fingerprint density at radius 1 is 1.42 bits per heavy atom. The van der Waals surface area contributed by atoms with E-state index in [9.17, 15) is 19.7 Å². The summed E-state index contributed by atoms with van der Waals surface area (Å²) in [7, 11) is 0. The van der Waals surface area contributed by atoms with Crippen molar-refractivity contribution < 1.29 is 14.5 Å². The van der Waals surface area contributed by atoms with Crippen molar-refractivity contribution in [3.8, 4) is 0 Å². The lowest BCUT2D eigenvalue weighted by Crippen LogP contribution is -2.42. The van der Waals surface area contributed by atoms with E-state index >= 15 is 0 Å². The molecule has 1 aromatic carbocycles. The van der Waals surface area contributed by atoms with E-state index < -0.39 is 11.0 Å². The molecule has 1 aromatic rings. The molecule has 0 aliphatic carbocycles. The van der Waals surface area contributed by atoms with Crippen molar-refractivity contribution in [3.63, 3.8) is 0 Å². The largest absolute Gasteiger partial charge is 0.337 e. The van der Waals surface area contributed by atoms with Gasteiger partial charge >= 0.3 is 6.03 Å². The van der Waals surface area contributed by atoms with Gasteiger partial charge in [-0.05, 0) is 12.5 Å². The fourth-order valence-corrected chi connectivity index (χ4v) is 1.91. The summed E-state index contributed by atoms with van der Waals surface area (Å²) in [4.78, 5) is 35.1. The molecule has 2 rings (SSSR count). The lowest BCUT2D eigenvalue weighted by atomic mass is 10.1. The van der Waals surface area contributed by atoms with Gasteiger partial charge in [-0.2, -0.15) is 0 Å². The Morgan fingerprint density at radius 3 is 2.84 bits per heavy atom. The van der Waals surface area contributed by atoms with Gasteiger partial charge in [0.25, 0.3) is 5.69 Å². The lowest BCUT2D eigenvalue weighted by Gasteiger charge is -2.20. The number of nitro groups is 1. The zero-order valence-corrected chi connectivity index (χ0v) is 10.3. The van der Waals surface area contributed by atoms with Gasteiger partial charge in [-0.15, -0.1) is 0 Å². The normalized spacial score (nSPS) is 19.8. The summed E-state index contributed by atoms with van der Waals surface area (Å²) in [6.07, 6.45) is 0.552. The molecule has 1 aliphatic heterocycles. The molecule has 3 amide bonds. The first kappa shape index (κ1) is 13.0. The van der Waals surface area contributed by atoms with E-state index in [1.54, 1.807) is 6.92 Å². The number of nitrogens with one attached hydrogen (secondary N) is 1. The fraction of sp³-hybridized carbons (Fsp3) is 0.333. The van der Waals surface area contributed by atoms with E-state index in [0.29, 0.717) is 13.0 Å². The number of amides is 3. The van der Waals surface area contributed by atoms with E-state index in [4.69, 9.17) is 0 Å². The predicted octanol–water partition coefficient (Wildman–Crippen LogP) is 1.68. The third-order valence-corrected chi connectivity index (χ3v) is 3.00. The third kappa shape index (κ3) is 2.54. The Balaban J connectivity index is 2.42. The van der Waals surface area contributed by atoms with E-state index in [-0.39, 0.29) is 23.2 Å². The van der Waals surface area contributed by atoms with Crippen LogP contribution < -0.4 is 10.2 Å². The summed E-state index contributed by atoms with van der Waals surface area (Å²) in [5.41, 5.74) is 0.0560. The summed E-state index contributed by atoms with van der Waals surface area (Å²) < 4.78 is 0. The summed E-state index contributed by atoms with van der Waals surface area (Å²) in [5, 5.41) is 13.3. The molecule has 0 radical (unpaired) electrons. The average molecular weight is 263 g/mol. The van der Waals surface area contributed by atoms with Gasteiger partial charge in [0.15, 0.2) is 0 Å². The average Bonchev–Trinajstić information content (AvgIpc) is 2.50.